The zero-order chi connectivity index (χ0) is 17.8. The van der Waals surface area contributed by atoms with E-state index in [2.05, 4.69) is 10.6 Å². The molecular weight excluding hydrogens is 323 g/mol. The lowest BCUT2D eigenvalue weighted by molar-refractivity contribution is 0.0697. The molecule has 0 aliphatic heterocycles. The molecule has 0 radical (unpaired) electrons. The maximum atomic E-state index is 13.3. The molecule has 1 aliphatic rings. The molecule has 0 saturated carbocycles. The van der Waals surface area contributed by atoms with E-state index in [1.165, 1.54) is 24.3 Å². The first-order chi connectivity index (χ1) is 12.0. The Balaban J connectivity index is 1.57. The summed E-state index contributed by atoms with van der Waals surface area (Å²) in [5.41, 5.74) is 2.93. The van der Waals surface area contributed by atoms with Crippen molar-refractivity contribution in [3.8, 4) is 0 Å². The first kappa shape index (κ1) is 17.0. The van der Waals surface area contributed by atoms with Gasteiger partial charge in [0.25, 0.3) is 0 Å². The lowest BCUT2D eigenvalue weighted by atomic mass is 9.88. The third kappa shape index (κ3) is 4.15. The largest absolute Gasteiger partial charge is 0.478 e. The van der Waals surface area contributed by atoms with Crippen LogP contribution in [-0.4, -0.2) is 17.1 Å². The summed E-state index contributed by atoms with van der Waals surface area (Å²) in [5.74, 6) is -1.24. The SMILES string of the molecule is O=C(NCc1ccc(C(=O)O)cc1)NC1CCCc2cc(F)ccc21. The maximum absolute atomic E-state index is 13.3. The number of halogens is 1. The second kappa shape index (κ2) is 7.34. The summed E-state index contributed by atoms with van der Waals surface area (Å²) in [6.07, 6.45) is 2.54. The molecule has 2 aromatic rings. The van der Waals surface area contributed by atoms with E-state index in [-0.39, 0.29) is 23.5 Å². The number of aromatic carboxylic acids is 1. The number of nitrogens with one attached hydrogen (secondary N) is 2. The van der Waals surface area contributed by atoms with Crippen LogP contribution < -0.4 is 10.6 Å². The van der Waals surface area contributed by atoms with E-state index < -0.39 is 5.97 Å². The van der Waals surface area contributed by atoms with Crippen molar-refractivity contribution in [3.63, 3.8) is 0 Å². The van der Waals surface area contributed by atoms with Gasteiger partial charge in [-0.2, -0.15) is 0 Å². The Bertz CT molecular complexity index is 790. The second-order valence-corrected chi connectivity index (χ2v) is 6.12. The van der Waals surface area contributed by atoms with Crippen LogP contribution in [0.4, 0.5) is 9.18 Å². The first-order valence-electron chi connectivity index (χ1n) is 8.18. The first-order valence-corrected chi connectivity index (χ1v) is 8.18. The van der Waals surface area contributed by atoms with E-state index in [0.29, 0.717) is 6.54 Å². The van der Waals surface area contributed by atoms with Crippen molar-refractivity contribution in [2.24, 2.45) is 0 Å². The fraction of sp³-hybridized carbons (Fsp3) is 0.263. The zero-order valence-corrected chi connectivity index (χ0v) is 13.6. The van der Waals surface area contributed by atoms with Gasteiger partial charge in [0.1, 0.15) is 5.82 Å². The van der Waals surface area contributed by atoms with Gasteiger partial charge < -0.3 is 15.7 Å². The summed E-state index contributed by atoms with van der Waals surface area (Å²) in [5, 5.41) is 14.6. The summed E-state index contributed by atoms with van der Waals surface area (Å²) in [6, 6.07) is 10.6. The number of fused-ring (bicyclic) bond motifs is 1. The summed E-state index contributed by atoms with van der Waals surface area (Å²) in [4.78, 5) is 23.0. The van der Waals surface area contributed by atoms with Gasteiger partial charge in [-0.25, -0.2) is 14.0 Å². The van der Waals surface area contributed by atoms with Gasteiger partial charge in [-0.1, -0.05) is 18.2 Å². The van der Waals surface area contributed by atoms with Crippen LogP contribution in [0.3, 0.4) is 0 Å². The van der Waals surface area contributed by atoms with Gasteiger partial charge in [-0.05, 0) is 60.2 Å². The van der Waals surface area contributed by atoms with Crippen molar-refractivity contribution in [2.45, 2.75) is 31.8 Å². The van der Waals surface area contributed by atoms with Crippen LogP contribution >= 0.6 is 0 Å². The van der Waals surface area contributed by atoms with Gasteiger partial charge in [0.2, 0.25) is 0 Å². The van der Waals surface area contributed by atoms with E-state index in [9.17, 15) is 14.0 Å². The monoisotopic (exact) mass is 342 g/mol. The lowest BCUT2D eigenvalue weighted by Crippen LogP contribution is -2.38. The van der Waals surface area contributed by atoms with Crippen LogP contribution in [0.25, 0.3) is 0 Å². The number of benzene rings is 2. The van der Waals surface area contributed by atoms with Crippen LogP contribution in [0.2, 0.25) is 0 Å². The normalized spacial score (nSPS) is 16.0. The highest BCUT2D eigenvalue weighted by Crippen LogP contribution is 2.30. The number of carbonyl (C=O) groups is 2. The number of amides is 2. The average Bonchev–Trinajstić information content (AvgIpc) is 2.60. The number of carboxylic acid groups (broad SMARTS) is 1. The molecular formula is C19H19FN2O3. The van der Waals surface area contributed by atoms with Gasteiger partial charge in [-0.3, -0.25) is 0 Å². The minimum absolute atomic E-state index is 0.126. The number of urea groups is 1. The number of rotatable bonds is 4. The van der Waals surface area contributed by atoms with Crippen LogP contribution in [0.1, 0.15) is 45.9 Å². The fourth-order valence-electron chi connectivity index (χ4n) is 3.09. The molecule has 2 amide bonds. The Morgan fingerprint density at radius 2 is 1.92 bits per heavy atom. The van der Waals surface area contributed by atoms with Crippen molar-refractivity contribution in [3.05, 3.63) is 70.5 Å². The molecule has 0 spiro atoms. The summed E-state index contributed by atoms with van der Waals surface area (Å²) in [6.45, 7) is 0.300. The predicted molar refractivity (Wildman–Crippen MR) is 90.9 cm³/mol. The standard InChI is InChI=1S/C19H19FN2O3/c20-15-8-9-16-14(10-15)2-1-3-17(16)22-19(25)21-11-12-4-6-13(7-5-12)18(23)24/h4-10,17H,1-3,11H2,(H,23,24)(H2,21,22,25). The smallest absolute Gasteiger partial charge is 0.335 e. The molecule has 1 aliphatic carbocycles. The number of aryl methyl sites for hydroxylation is 1. The summed E-state index contributed by atoms with van der Waals surface area (Å²) < 4.78 is 13.3. The van der Waals surface area contributed by atoms with Crippen LogP contribution in [0.15, 0.2) is 42.5 Å². The van der Waals surface area contributed by atoms with Gasteiger partial charge in [-0.15, -0.1) is 0 Å². The quantitative estimate of drug-likeness (QED) is 0.797. The molecule has 6 heteroatoms. The van der Waals surface area contributed by atoms with Crippen molar-refractivity contribution in [1.29, 1.82) is 0 Å². The topological polar surface area (TPSA) is 78.4 Å². The molecule has 0 bridgehead atoms. The average molecular weight is 342 g/mol. The highest BCUT2D eigenvalue weighted by molar-refractivity contribution is 5.87. The number of hydrogen-bond acceptors (Lipinski definition) is 2. The van der Waals surface area contributed by atoms with E-state index in [4.69, 9.17) is 5.11 Å². The predicted octanol–water partition coefficient (Wildman–Crippen LogP) is 3.40. The molecule has 5 nitrogen and oxygen atoms in total. The molecule has 0 fully saturated rings. The van der Waals surface area contributed by atoms with Crippen LogP contribution in [-0.2, 0) is 13.0 Å². The van der Waals surface area contributed by atoms with Gasteiger partial charge in [0, 0.05) is 6.54 Å². The number of hydrogen-bond donors (Lipinski definition) is 3. The van der Waals surface area contributed by atoms with E-state index >= 15 is 0 Å². The van der Waals surface area contributed by atoms with Crippen molar-refractivity contribution in [1.82, 2.24) is 10.6 Å². The molecule has 0 saturated heterocycles. The van der Waals surface area contributed by atoms with Gasteiger partial charge in [0.05, 0.1) is 11.6 Å². The fourth-order valence-corrected chi connectivity index (χ4v) is 3.09. The molecule has 0 aromatic heterocycles. The Hall–Kier alpha value is -2.89. The zero-order valence-electron chi connectivity index (χ0n) is 13.6. The Morgan fingerprint density at radius 1 is 1.16 bits per heavy atom. The summed E-state index contributed by atoms with van der Waals surface area (Å²) >= 11 is 0. The van der Waals surface area contributed by atoms with Crippen LogP contribution in [0.5, 0.6) is 0 Å². The Kier molecular flexibility index (Phi) is 4.97. The second-order valence-electron chi connectivity index (χ2n) is 6.12. The molecule has 1 unspecified atom stereocenters. The van der Waals surface area contributed by atoms with E-state index in [0.717, 1.165) is 36.0 Å². The minimum Gasteiger partial charge on any atom is -0.478 e. The Labute approximate surface area is 144 Å². The van der Waals surface area contributed by atoms with Crippen molar-refractivity contribution < 1.29 is 19.1 Å². The highest BCUT2D eigenvalue weighted by Gasteiger charge is 2.22. The van der Waals surface area contributed by atoms with Crippen LogP contribution in [0, 0.1) is 5.82 Å². The molecule has 1 atom stereocenters. The molecule has 130 valence electrons. The molecule has 25 heavy (non-hydrogen) atoms. The third-order valence-corrected chi connectivity index (χ3v) is 4.38. The van der Waals surface area contributed by atoms with E-state index in [1.54, 1.807) is 18.2 Å². The molecule has 2 aromatic carbocycles. The van der Waals surface area contributed by atoms with Gasteiger partial charge in [0.15, 0.2) is 0 Å². The third-order valence-electron chi connectivity index (χ3n) is 4.38. The molecule has 0 heterocycles. The summed E-state index contributed by atoms with van der Waals surface area (Å²) in [7, 11) is 0. The lowest BCUT2D eigenvalue weighted by Gasteiger charge is -2.26. The number of carbonyl (C=O) groups excluding carboxylic acids is 1. The Morgan fingerprint density at radius 3 is 2.64 bits per heavy atom. The van der Waals surface area contributed by atoms with Gasteiger partial charge >= 0.3 is 12.0 Å². The van der Waals surface area contributed by atoms with E-state index in [1.807, 2.05) is 0 Å². The number of carboxylic acids is 1. The van der Waals surface area contributed by atoms with Crippen molar-refractivity contribution >= 4 is 12.0 Å². The molecule has 3 N–H and O–H groups in total. The highest BCUT2D eigenvalue weighted by atomic mass is 19.1. The van der Waals surface area contributed by atoms with Crippen molar-refractivity contribution in [2.75, 3.05) is 0 Å². The maximum Gasteiger partial charge on any atom is 0.335 e. The molecule has 3 rings (SSSR count). The minimum atomic E-state index is -0.982.